The highest BCUT2D eigenvalue weighted by Crippen LogP contribution is 2.23. The lowest BCUT2D eigenvalue weighted by atomic mass is 10.0. The van der Waals surface area contributed by atoms with E-state index in [9.17, 15) is 4.79 Å². The van der Waals surface area contributed by atoms with E-state index in [0.717, 1.165) is 27.6 Å². The lowest BCUT2D eigenvalue weighted by molar-refractivity contribution is 0.0988. The molecule has 2 heteroatoms. The zero-order valence-corrected chi connectivity index (χ0v) is 11.3. The predicted octanol–water partition coefficient (Wildman–Crippen LogP) is 4.49. The van der Waals surface area contributed by atoms with Crippen molar-refractivity contribution < 1.29 is 4.79 Å². The van der Waals surface area contributed by atoms with E-state index in [2.05, 4.69) is 11.1 Å². The van der Waals surface area contributed by atoms with Gasteiger partial charge in [0.15, 0.2) is 5.78 Å². The molecule has 3 rings (SSSR count). The Morgan fingerprint density at radius 2 is 1.85 bits per heavy atom. The van der Waals surface area contributed by atoms with Gasteiger partial charge in [0.1, 0.15) is 0 Å². The van der Waals surface area contributed by atoms with Crippen molar-refractivity contribution in [1.82, 2.24) is 4.98 Å². The predicted molar refractivity (Wildman–Crippen MR) is 81.8 cm³/mol. The third-order valence-electron chi connectivity index (χ3n) is 3.43. The number of hydrogen-bond acceptors (Lipinski definition) is 2. The van der Waals surface area contributed by atoms with Crippen molar-refractivity contribution >= 4 is 16.7 Å². The highest BCUT2D eigenvalue weighted by molar-refractivity contribution is 5.97. The second-order valence-electron chi connectivity index (χ2n) is 4.77. The highest BCUT2D eigenvalue weighted by atomic mass is 16.1. The monoisotopic (exact) mass is 261 g/mol. The topological polar surface area (TPSA) is 30.0 Å². The van der Waals surface area contributed by atoms with Gasteiger partial charge >= 0.3 is 0 Å². The molecule has 1 aromatic heterocycles. The van der Waals surface area contributed by atoms with Gasteiger partial charge in [-0.1, -0.05) is 43.3 Å². The summed E-state index contributed by atoms with van der Waals surface area (Å²) in [5.41, 5.74) is 3.81. The maximum Gasteiger partial charge on any atom is 0.162 e. The van der Waals surface area contributed by atoms with Crippen LogP contribution in [0.25, 0.3) is 22.0 Å². The Morgan fingerprint density at radius 3 is 2.70 bits per heavy atom. The van der Waals surface area contributed by atoms with E-state index in [0.29, 0.717) is 6.42 Å². The van der Waals surface area contributed by atoms with Gasteiger partial charge in [-0.25, -0.2) is 0 Å². The van der Waals surface area contributed by atoms with Crippen LogP contribution >= 0.6 is 0 Å². The van der Waals surface area contributed by atoms with E-state index in [-0.39, 0.29) is 5.78 Å². The Kier molecular flexibility index (Phi) is 3.30. The number of fused-ring (bicyclic) bond motifs is 1. The van der Waals surface area contributed by atoms with Gasteiger partial charge in [0.05, 0.1) is 5.52 Å². The van der Waals surface area contributed by atoms with Gasteiger partial charge in [0.25, 0.3) is 0 Å². The number of Topliss-reactive ketones (excluding diaryl/α,β-unsaturated/α-hetero) is 1. The third kappa shape index (κ3) is 2.32. The largest absolute Gasteiger partial charge is 0.294 e. The Hall–Kier alpha value is -2.48. The van der Waals surface area contributed by atoms with Crippen molar-refractivity contribution in [3.63, 3.8) is 0 Å². The molecule has 0 radical (unpaired) electrons. The van der Waals surface area contributed by atoms with Gasteiger partial charge in [-0.05, 0) is 23.8 Å². The summed E-state index contributed by atoms with van der Waals surface area (Å²) in [5.74, 6) is 0.167. The SMILES string of the molecule is CCC(=O)c1cccc(-c2cnc3ccccc3c2)c1. The summed E-state index contributed by atoms with van der Waals surface area (Å²) < 4.78 is 0. The molecule has 0 N–H and O–H groups in total. The molecule has 0 amide bonds. The molecule has 2 aromatic carbocycles. The molecule has 1 heterocycles. The van der Waals surface area contributed by atoms with E-state index in [1.807, 2.05) is 61.7 Å². The van der Waals surface area contributed by atoms with Crippen LogP contribution in [0.1, 0.15) is 23.7 Å². The molecule has 0 aliphatic rings. The molecular weight excluding hydrogens is 246 g/mol. The van der Waals surface area contributed by atoms with E-state index in [4.69, 9.17) is 0 Å². The fourth-order valence-corrected chi connectivity index (χ4v) is 2.31. The van der Waals surface area contributed by atoms with E-state index in [1.165, 1.54) is 0 Å². The standard InChI is InChI=1S/C18H15NO/c1-2-18(20)15-8-5-7-13(10-15)16-11-14-6-3-4-9-17(14)19-12-16/h3-12H,2H2,1H3. The molecule has 2 nitrogen and oxygen atoms in total. The first kappa shape index (κ1) is 12.5. The maximum absolute atomic E-state index is 11.8. The molecule has 98 valence electrons. The molecule has 20 heavy (non-hydrogen) atoms. The summed E-state index contributed by atoms with van der Waals surface area (Å²) >= 11 is 0. The summed E-state index contributed by atoms with van der Waals surface area (Å²) in [6.45, 7) is 1.88. The van der Waals surface area contributed by atoms with E-state index in [1.54, 1.807) is 0 Å². The fraction of sp³-hybridized carbons (Fsp3) is 0.111. The van der Waals surface area contributed by atoms with Crippen LogP contribution < -0.4 is 0 Å². The van der Waals surface area contributed by atoms with Gasteiger partial charge < -0.3 is 0 Å². The first-order chi connectivity index (χ1) is 9.78. The van der Waals surface area contributed by atoms with Crippen LogP contribution in [-0.2, 0) is 0 Å². The number of carbonyl (C=O) groups excluding carboxylic acids is 1. The van der Waals surface area contributed by atoms with Crippen LogP contribution in [0, 0.1) is 0 Å². The lowest BCUT2D eigenvalue weighted by Gasteiger charge is -2.05. The number of aromatic nitrogens is 1. The normalized spacial score (nSPS) is 10.7. The molecule has 0 aliphatic heterocycles. The van der Waals surface area contributed by atoms with E-state index >= 15 is 0 Å². The average molecular weight is 261 g/mol. The van der Waals surface area contributed by atoms with Crippen molar-refractivity contribution in [2.24, 2.45) is 0 Å². The number of nitrogens with zero attached hydrogens (tertiary/aromatic N) is 1. The Morgan fingerprint density at radius 1 is 1.00 bits per heavy atom. The first-order valence-corrected chi connectivity index (χ1v) is 6.76. The van der Waals surface area contributed by atoms with Crippen molar-refractivity contribution in [3.05, 3.63) is 66.4 Å². The minimum absolute atomic E-state index is 0.167. The van der Waals surface area contributed by atoms with Crippen molar-refractivity contribution in [1.29, 1.82) is 0 Å². The minimum atomic E-state index is 0.167. The van der Waals surface area contributed by atoms with Crippen molar-refractivity contribution in [2.45, 2.75) is 13.3 Å². The number of para-hydroxylation sites is 1. The average Bonchev–Trinajstić information content (AvgIpc) is 2.53. The van der Waals surface area contributed by atoms with Crippen LogP contribution in [0.4, 0.5) is 0 Å². The van der Waals surface area contributed by atoms with Gasteiger partial charge in [0, 0.05) is 29.1 Å². The zero-order chi connectivity index (χ0) is 13.9. The van der Waals surface area contributed by atoms with Crippen LogP contribution in [0.15, 0.2) is 60.8 Å². The van der Waals surface area contributed by atoms with Gasteiger partial charge in [-0.15, -0.1) is 0 Å². The zero-order valence-electron chi connectivity index (χ0n) is 11.3. The Balaban J connectivity index is 2.08. The molecule has 0 bridgehead atoms. The maximum atomic E-state index is 11.8. The van der Waals surface area contributed by atoms with Gasteiger partial charge in [0.2, 0.25) is 0 Å². The van der Waals surface area contributed by atoms with Gasteiger partial charge in [-0.2, -0.15) is 0 Å². The van der Waals surface area contributed by atoms with E-state index < -0.39 is 0 Å². The molecule has 0 atom stereocenters. The molecule has 3 aromatic rings. The van der Waals surface area contributed by atoms with Crippen LogP contribution in [0.3, 0.4) is 0 Å². The number of pyridine rings is 1. The second kappa shape index (κ2) is 5.25. The van der Waals surface area contributed by atoms with Crippen molar-refractivity contribution in [3.8, 4) is 11.1 Å². The molecule has 0 unspecified atom stereocenters. The lowest BCUT2D eigenvalue weighted by Crippen LogP contribution is -1.96. The van der Waals surface area contributed by atoms with Crippen LogP contribution in [-0.4, -0.2) is 10.8 Å². The number of rotatable bonds is 3. The Bertz CT molecular complexity index is 777. The second-order valence-corrected chi connectivity index (χ2v) is 4.77. The first-order valence-electron chi connectivity index (χ1n) is 6.76. The molecule has 0 aliphatic carbocycles. The summed E-state index contributed by atoms with van der Waals surface area (Å²) in [4.78, 5) is 16.3. The fourth-order valence-electron chi connectivity index (χ4n) is 2.31. The van der Waals surface area contributed by atoms with Crippen LogP contribution in [0.2, 0.25) is 0 Å². The minimum Gasteiger partial charge on any atom is -0.294 e. The van der Waals surface area contributed by atoms with Crippen LogP contribution in [0.5, 0.6) is 0 Å². The molecule has 0 saturated carbocycles. The summed E-state index contributed by atoms with van der Waals surface area (Å²) in [5, 5.41) is 1.11. The summed E-state index contributed by atoms with van der Waals surface area (Å²) in [6.07, 6.45) is 2.39. The van der Waals surface area contributed by atoms with Gasteiger partial charge in [-0.3, -0.25) is 9.78 Å². The summed E-state index contributed by atoms with van der Waals surface area (Å²) in [6, 6.07) is 17.9. The highest BCUT2D eigenvalue weighted by Gasteiger charge is 2.06. The number of hydrogen-bond donors (Lipinski definition) is 0. The smallest absolute Gasteiger partial charge is 0.162 e. The summed E-state index contributed by atoms with van der Waals surface area (Å²) in [7, 11) is 0. The molecule has 0 spiro atoms. The number of benzene rings is 2. The molecule has 0 saturated heterocycles. The quantitative estimate of drug-likeness (QED) is 0.650. The number of ketones is 1. The van der Waals surface area contributed by atoms with Crippen molar-refractivity contribution in [2.75, 3.05) is 0 Å². The number of carbonyl (C=O) groups is 1. The molecule has 0 fully saturated rings. The third-order valence-corrected chi connectivity index (χ3v) is 3.43. The molecular formula is C18H15NO. The Labute approximate surface area is 118 Å².